The summed E-state index contributed by atoms with van der Waals surface area (Å²) in [6.45, 7) is -0.111. The lowest BCUT2D eigenvalue weighted by atomic mass is 10.4. The second-order valence-electron chi connectivity index (χ2n) is 2.90. The lowest BCUT2D eigenvalue weighted by Gasteiger charge is -2.22. The highest BCUT2D eigenvalue weighted by Gasteiger charge is 2.17. The minimum absolute atomic E-state index is 0.164. The van der Waals surface area contributed by atoms with Gasteiger partial charge in [-0.15, -0.1) is 0 Å². The highest BCUT2D eigenvalue weighted by Crippen LogP contribution is 2.19. The lowest BCUT2D eigenvalue weighted by molar-refractivity contribution is 0.155. The number of halogens is 4. The number of hydrogen-bond acceptors (Lipinski definition) is 3. The summed E-state index contributed by atoms with van der Waals surface area (Å²) < 4.78 is 24.8. The van der Waals surface area contributed by atoms with E-state index in [9.17, 15) is 13.6 Å². The van der Waals surface area contributed by atoms with Gasteiger partial charge in [-0.2, -0.15) is 0 Å². The largest absolute Gasteiger partial charge is 0.349 e. The highest BCUT2D eigenvalue weighted by atomic mass is 79.9. The van der Waals surface area contributed by atoms with Gasteiger partial charge in [0.2, 0.25) is 0 Å². The Kier molecular flexibility index (Phi) is 5.33. The summed E-state index contributed by atoms with van der Waals surface area (Å²) in [5.41, 5.74) is -0.390. The van der Waals surface area contributed by atoms with Gasteiger partial charge in [-0.1, -0.05) is 15.9 Å². The molecule has 1 rings (SSSR count). The van der Waals surface area contributed by atoms with Crippen LogP contribution in [0.5, 0.6) is 0 Å². The zero-order valence-electron chi connectivity index (χ0n) is 8.09. The van der Waals surface area contributed by atoms with Crippen LogP contribution in [-0.2, 0) is 0 Å². The molecule has 1 heterocycles. The molecule has 0 aliphatic rings. The van der Waals surface area contributed by atoms with E-state index in [1.807, 2.05) is 0 Å². The van der Waals surface area contributed by atoms with E-state index in [4.69, 9.17) is 0 Å². The minimum Gasteiger partial charge on any atom is -0.349 e. The molecule has 0 aliphatic heterocycles. The van der Waals surface area contributed by atoms with Crippen LogP contribution in [0.1, 0.15) is 0 Å². The highest BCUT2D eigenvalue weighted by molar-refractivity contribution is 9.10. The van der Waals surface area contributed by atoms with Crippen LogP contribution in [0, 0.1) is 0 Å². The van der Waals surface area contributed by atoms with Crippen LogP contribution >= 0.6 is 31.9 Å². The van der Waals surface area contributed by atoms with Crippen LogP contribution in [0.15, 0.2) is 15.6 Å². The molecular formula is C8H9Br2F2N3O. The summed E-state index contributed by atoms with van der Waals surface area (Å²) in [4.78, 5) is 18.8. The number of H-pyrrole nitrogens is 1. The summed E-state index contributed by atoms with van der Waals surface area (Å²) in [7, 11) is 0. The van der Waals surface area contributed by atoms with E-state index in [0.717, 1.165) is 0 Å². The maximum absolute atomic E-state index is 12.3. The first kappa shape index (κ1) is 13.6. The topological polar surface area (TPSA) is 49.0 Å². The van der Waals surface area contributed by atoms with Crippen molar-refractivity contribution in [1.29, 1.82) is 0 Å². The van der Waals surface area contributed by atoms with E-state index in [0.29, 0.717) is 11.9 Å². The summed E-state index contributed by atoms with van der Waals surface area (Å²) in [5.74, 6) is 0.225. The number of alkyl halides is 3. The van der Waals surface area contributed by atoms with Gasteiger partial charge < -0.3 is 9.88 Å². The summed E-state index contributed by atoms with van der Waals surface area (Å²) >= 11 is 6.20. The van der Waals surface area contributed by atoms with Crippen molar-refractivity contribution < 1.29 is 8.78 Å². The fraction of sp³-hybridized carbons (Fsp3) is 0.500. The number of nitrogens with zero attached hydrogens (tertiary/aromatic N) is 2. The number of rotatable bonds is 5. The van der Waals surface area contributed by atoms with Gasteiger partial charge in [0.05, 0.1) is 12.9 Å². The predicted molar refractivity (Wildman–Crippen MR) is 64.6 cm³/mol. The number of aromatic nitrogens is 2. The quantitative estimate of drug-likeness (QED) is 0.817. The molecule has 0 saturated heterocycles. The van der Waals surface area contributed by atoms with Crippen molar-refractivity contribution >= 4 is 37.7 Å². The Bertz CT molecular complexity index is 399. The van der Waals surface area contributed by atoms with Crippen molar-refractivity contribution in [2.24, 2.45) is 0 Å². The number of aromatic amines is 1. The Hall–Kier alpha value is -0.500. The molecule has 1 N–H and O–H groups in total. The molecule has 90 valence electrons. The first-order valence-electron chi connectivity index (χ1n) is 4.38. The molecule has 0 aromatic carbocycles. The van der Waals surface area contributed by atoms with Crippen LogP contribution in [0.2, 0.25) is 0 Å². The maximum Gasteiger partial charge on any atom is 0.267 e. The van der Waals surface area contributed by atoms with Crippen LogP contribution in [-0.4, -0.2) is 34.8 Å². The van der Waals surface area contributed by atoms with E-state index in [1.54, 1.807) is 0 Å². The second kappa shape index (κ2) is 6.29. The minimum atomic E-state index is -2.48. The number of nitrogens with one attached hydrogen (secondary N) is 1. The average molecular weight is 361 g/mol. The molecule has 0 bridgehead atoms. The molecular weight excluding hydrogens is 352 g/mol. The molecule has 8 heteroatoms. The molecule has 1 aromatic rings. The molecule has 0 aliphatic carbocycles. The average Bonchev–Trinajstić information content (AvgIpc) is 2.21. The van der Waals surface area contributed by atoms with Crippen molar-refractivity contribution in [2.75, 3.05) is 23.3 Å². The number of hydrogen-bond donors (Lipinski definition) is 1. The van der Waals surface area contributed by atoms with Gasteiger partial charge in [0.1, 0.15) is 4.47 Å². The molecule has 0 spiro atoms. The SMILES string of the molecule is O=c1[nH]cnc(N(CCBr)CC(F)F)c1Br. The molecule has 0 radical (unpaired) electrons. The van der Waals surface area contributed by atoms with E-state index < -0.39 is 13.0 Å². The van der Waals surface area contributed by atoms with Crippen molar-refractivity contribution in [3.05, 3.63) is 21.2 Å². The van der Waals surface area contributed by atoms with E-state index >= 15 is 0 Å². The standard InChI is InChI=1S/C8H9Br2F2N3O/c9-1-2-15(3-5(11)12)7-6(10)8(16)14-4-13-7/h4-5H,1-3H2,(H,13,14,16). The van der Waals surface area contributed by atoms with Crippen LogP contribution in [0.25, 0.3) is 0 Å². The molecule has 1 aromatic heterocycles. The van der Waals surface area contributed by atoms with Crippen LogP contribution in [0.4, 0.5) is 14.6 Å². The summed E-state index contributed by atoms with van der Waals surface area (Å²) in [6.07, 6.45) is -1.29. The fourth-order valence-corrected chi connectivity index (χ4v) is 2.04. The van der Waals surface area contributed by atoms with Gasteiger partial charge in [-0.25, -0.2) is 13.8 Å². The Morgan fingerprint density at radius 3 is 2.81 bits per heavy atom. The summed E-state index contributed by atoms with van der Waals surface area (Å²) in [5, 5.41) is 0.515. The zero-order chi connectivity index (χ0) is 12.1. The maximum atomic E-state index is 12.3. The van der Waals surface area contributed by atoms with E-state index in [1.165, 1.54) is 11.2 Å². The molecule has 16 heavy (non-hydrogen) atoms. The van der Waals surface area contributed by atoms with Crippen molar-refractivity contribution in [2.45, 2.75) is 6.43 Å². The number of anilines is 1. The van der Waals surface area contributed by atoms with Crippen LogP contribution in [0.3, 0.4) is 0 Å². The molecule has 0 fully saturated rings. The van der Waals surface area contributed by atoms with E-state index in [-0.39, 0.29) is 15.8 Å². The summed E-state index contributed by atoms with van der Waals surface area (Å²) in [6, 6.07) is 0. The normalized spacial score (nSPS) is 10.8. The van der Waals surface area contributed by atoms with Gasteiger partial charge >= 0.3 is 0 Å². The second-order valence-corrected chi connectivity index (χ2v) is 4.48. The zero-order valence-corrected chi connectivity index (χ0v) is 11.3. The lowest BCUT2D eigenvalue weighted by Crippen LogP contribution is -2.33. The third-order valence-corrected chi connectivity index (χ3v) is 2.86. The Balaban J connectivity index is 3.00. The monoisotopic (exact) mass is 359 g/mol. The Morgan fingerprint density at radius 2 is 2.25 bits per heavy atom. The van der Waals surface area contributed by atoms with Gasteiger partial charge in [-0.3, -0.25) is 4.79 Å². The predicted octanol–water partition coefficient (Wildman–Crippen LogP) is 2.00. The molecule has 0 saturated carbocycles. The molecule has 0 amide bonds. The Morgan fingerprint density at radius 1 is 1.56 bits per heavy atom. The Labute approximate surface area is 107 Å². The smallest absolute Gasteiger partial charge is 0.267 e. The fourth-order valence-electron chi connectivity index (χ4n) is 1.15. The van der Waals surface area contributed by atoms with Gasteiger partial charge in [-0.05, 0) is 15.9 Å². The molecule has 0 atom stereocenters. The van der Waals surface area contributed by atoms with Crippen molar-refractivity contribution in [1.82, 2.24) is 9.97 Å². The van der Waals surface area contributed by atoms with Crippen molar-refractivity contribution in [3.63, 3.8) is 0 Å². The molecule has 4 nitrogen and oxygen atoms in total. The molecule has 0 unspecified atom stereocenters. The first-order chi connectivity index (χ1) is 7.56. The van der Waals surface area contributed by atoms with Gasteiger partial charge in [0.15, 0.2) is 5.82 Å². The van der Waals surface area contributed by atoms with Gasteiger partial charge in [0.25, 0.3) is 12.0 Å². The van der Waals surface area contributed by atoms with Gasteiger partial charge in [0, 0.05) is 11.9 Å². The van der Waals surface area contributed by atoms with Crippen LogP contribution < -0.4 is 10.5 Å². The third-order valence-electron chi connectivity index (χ3n) is 1.79. The third kappa shape index (κ3) is 3.51. The van der Waals surface area contributed by atoms with E-state index in [2.05, 4.69) is 41.8 Å². The first-order valence-corrected chi connectivity index (χ1v) is 6.30. The van der Waals surface area contributed by atoms with Crippen molar-refractivity contribution in [3.8, 4) is 0 Å².